The van der Waals surface area contributed by atoms with E-state index >= 15 is 0 Å². The number of aromatic nitrogens is 1. The van der Waals surface area contributed by atoms with Gasteiger partial charge in [0.2, 0.25) is 0 Å². The first kappa shape index (κ1) is 13.7. The molecule has 0 atom stereocenters. The van der Waals surface area contributed by atoms with Crippen molar-refractivity contribution < 1.29 is 9.90 Å². The Balaban J connectivity index is 1.83. The Labute approximate surface area is 115 Å². The van der Waals surface area contributed by atoms with Crippen LogP contribution in [0.25, 0.3) is 0 Å². The zero-order valence-electron chi connectivity index (χ0n) is 10.0. The van der Waals surface area contributed by atoms with E-state index in [2.05, 4.69) is 9.88 Å². The number of thiazole rings is 1. The lowest BCUT2D eigenvalue weighted by Crippen LogP contribution is -2.33. The van der Waals surface area contributed by atoms with Crippen molar-refractivity contribution in [3.05, 3.63) is 15.5 Å². The Hall–Kier alpha value is -0.690. The molecule has 2 heterocycles. The van der Waals surface area contributed by atoms with E-state index in [1.807, 2.05) is 4.90 Å². The summed E-state index contributed by atoms with van der Waals surface area (Å²) in [6, 6.07) is 0. The SMILES string of the molecule is O=C(O)CN1CCCN(Cc2ncc(Cl)s2)CC1. The molecule has 0 amide bonds. The van der Waals surface area contributed by atoms with Crippen molar-refractivity contribution >= 4 is 28.9 Å². The molecule has 0 aromatic carbocycles. The van der Waals surface area contributed by atoms with Crippen LogP contribution in [0.4, 0.5) is 0 Å². The number of aliphatic carboxylic acids is 1. The maximum absolute atomic E-state index is 10.7. The fourth-order valence-electron chi connectivity index (χ4n) is 2.08. The van der Waals surface area contributed by atoms with Crippen LogP contribution in [0.2, 0.25) is 4.34 Å². The van der Waals surface area contributed by atoms with Gasteiger partial charge in [0.15, 0.2) is 0 Å². The molecule has 5 nitrogen and oxygen atoms in total. The van der Waals surface area contributed by atoms with Gasteiger partial charge in [-0.3, -0.25) is 14.6 Å². The van der Waals surface area contributed by atoms with Gasteiger partial charge in [-0.1, -0.05) is 11.6 Å². The third-order valence-electron chi connectivity index (χ3n) is 2.92. The second-order valence-electron chi connectivity index (χ2n) is 4.36. The number of nitrogens with zero attached hydrogens (tertiary/aromatic N) is 3. The van der Waals surface area contributed by atoms with Gasteiger partial charge in [0.05, 0.1) is 19.3 Å². The van der Waals surface area contributed by atoms with Crippen LogP contribution in [0.1, 0.15) is 11.4 Å². The third kappa shape index (κ3) is 4.20. The summed E-state index contributed by atoms with van der Waals surface area (Å²) in [5.74, 6) is -0.754. The predicted molar refractivity (Wildman–Crippen MR) is 71.1 cm³/mol. The molecule has 1 aromatic rings. The van der Waals surface area contributed by atoms with Crippen LogP contribution >= 0.6 is 22.9 Å². The minimum absolute atomic E-state index is 0.136. The van der Waals surface area contributed by atoms with Gasteiger partial charge in [-0.2, -0.15) is 0 Å². The summed E-state index contributed by atoms with van der Waals surface area (Å²) < 4.78 is 0.715. The molecule has 100 valence electrons. The fraction of sp³-hybridized carbons (Fsp3) is 0.636. The molecule has 1 fully saturated rings. The largest absolute Gasteiger partial charge is 0.480 e. The molecule has 18 heavy (non-hydrogen) atoms. The van der Waals surface area contributed by atoms with Crippen molar-refractivity contribution in [3.8, 4) is 0 Å². The highest BCUT2D eigenvalue weighted by molar-refractivity contribution is 7.15. The molecule has 1 saturated heterocycles. The Kier molecular flexibility index (Phi) is 4.94. The number of carboxylic acids is 1. The topological polar surface area (TPSA) is 56.7 Å². The van der Waals surface area contributed by atoms with E-state index < -0.39 is 5.97 Å². The van der Waals surface area contributed by atoms with Crippen LogP contribution in [0, 0.1) is 0 Å². The molecule has 2 rings (SSSR count). The van der Waals surface area contributed by atoms with Gasteiger partial charge in [0.1, 0.15) is 9.34 Å². The molecule has 0 aliphatic carbocycles. The van der Waals surface area contributed by atoms with Crippen LogP contribution in [0.5, 0.6) is 0 Å². The van der Waals surface area contributed by atoms with Crippen LogP contribution < -0.4 is 0 Å². The summed E-state index contributed by atoms with van der Waals surface area (Å²) in [5.41, 5.74) is 0. The first-order chi connectivity index (χ1) is 8.63. The Morgan fingerprint density at radius 1 is 1.39 bits per heavy atom. The lowest BCUT2D eigenvalue weighted by Gasteiger charge is -2.19. The molecule has 0 spiro atoms. The van der Waals surface area contributed by atoms with Crippen LogP contribution in [0.15, 0.2) is 6.20 Å². The van der Waals surface area contributed by atoms with Gasteiger partial charge in [-0.25, -0.2) is 4.98 Å². The smallest absolute Gasteiger partial charge is 0.317 e. The van der Waals surface area contributed by atoms with Crippen molar-refractivity contribution in [3.63, 3.8) is 0 Å². The second kappa shape index (κ2) is 6.47. The molecule has 0 unspecified atom stereocenters. The second-order valence-corrected chi connectivity index (χ2v) is 6.10. The molecule has 1 aliphatic heterocycles. The summed E-state index contributed by atoms with van der Waals surface area (Å²) in [6.45, 7) is 4.44. The number of hydrogen-bond acceptors (Lipinski definition) is 5. The molecular weight excluding hydrogens is 274 g/mol. The van der Waals surface area contributed by atoms with Crippen LogP contribution in [-0.4, -0.2) is 58.6 Å². The average molecular weight is 290 g/mol. The van der Waals surface area contributed by atoms with E-state index in [1.165, 1.54) is 11.3 Å². The summed E-state index contributed by atoms with van der Waals surface area (Å²) in [7, 11) is 0. The molecule has 7 heteroatoms. The van der Waals surface area contributed by atoms with Gasteiger partial charge >= 0.3 is 5.97 Å². The average Bonchev–Trinajstić information content (AvgIpc) is 2.57. The van der Waals surface area contributed by atoms with Gasteiger partial charge in [0.25, 0.3) is 0 Å². The normalized spacial score (nSPS) is 18.7. The summed E-state index contributed by atoms with van der Waals surface area (Å²) in [4.78, 5) is 19.2. The summed E-state index contributed by atoms with van der Waals surface area (Å²) in [5, 5.41) is 9.80. The van der Waals surface area contributed by atoms with Crippen molar-refractivity contribution in [1.82, 2.24) is 14.8 Å². The Morgan fingerprint density at radius 2 is 2.11 bits per heavy atom. The fourth-order valence-corrected chi connectivity index (χ4v) is 3.08. The minimum atomic E-state index is -0.754. The highest BCUT2D eigenvalue weighted by Gasteiger charge is 2.17. The quantitative estimate of drug-likeness (QED) is 0.908. The van der Waals surface area contributed by atoms with Crippen molar-refractivity contribution in [2.45, 2.75) is 13.0 Å². The predicted octanol–water partition coefficient (Wildman–Crippen LogP) is 1.39. The molecular formula is C11H16ClN3O2S. The molecule has 1 aromatic heterocycles. The highest BCUT2D eigenvalue weighted by Crippen LogP contribution is 2.20. The van der Waals surface area contributed by atoms with Crippen LogP contribution in [-0.2, 0) is 11.3 Å². The van der Waals surface area contributed by atoms with E-state index in [-0.39, 0.29) is 6.54 Å². The van der Waals surface area contributed by atoms with Crippen molar-refractivity contribution in [1.29, 1.82) is 0 Å². The van der Waals surface area contributed by atoms with Crippen LogP contribution in [0.3, 0.4) is 0 Å². The molecule has 0 radical (unpaired) electrons. The molecule has 0 bridgehead atoms. The first-order valence-corrected chi connectivity index (χ1v) is 7.09. The van der Waals surface area contributed by atoms with Gasteiger partial charge in [-0.05, 0) is 13.0 Å². The van der Waals surface area contributed by atoms with E-state index in [4.69, 9.17) is 16.7 Å². The Bertz CT molecular complexity index is 413. The maximum atomic E-state index is 10.7. The standard InChI is InChI=1S/C11H16ClN3O2S/c12-9-6-13-10(18-9)7-14-2-1-3-15(5-4-14)8-11(16)17/h6H,1-5,7-8H2,(H,16,17). The number of carboxylic acid groups (broad SMARTS) is 1. The van der Waals surface area contributed by atoms with Crippen molar-refractivity contribution in [2.24, 2.45) is 0 Å². The van der Waals surface area contributed by atoms with Crippen molar-refractivity contribution in [2.75, 3.05) is 32.7 Å². The highest BCUT2D eigenvalue weighted by atomic mass is 35.5. The number of hydrogen-bond donors (Lipinski definition) is 1. The summed E-state index contributed by atoms with van der Waals surface area (Å²) >= 11 is 7.36. The number of halogens is 1. The van der Waals surface area contributed by atoms with Gasteiger partial charge < -0.3 is 5.11 Å². The number of rotatable bonds is 4. The Morgan fingerprint density at radius 3 is 2.78 bits per heavy atom. The number of carbonyl (C=O) groups is 1. The lowest BCUT2D eigenvalue weighted by atomic mass is 10.4. The summed E-state index contributed by atoms with van der Waals surface area (Å²) in [6.07, 6.45) is 2.67. The zero-order chi connectivity index (χ0) is 13.0. The minimum Gasteiger partial charge on any atom is -0.480 e. The maximum Gasteiger partial charge on any atom is 0.317 e. The molecule has 1 aliphatic rings. The first-order valence-electron chi connectivity index (χ1n) is 5.90. The third-order valence-corrected chi connectivity index (χ3v) is 4.02. The van der Waals surface area contributed by atoms with E-state index in [0.717, 1.165) is 44.2 Å². The lowest BCUT2D eigenvalue weighted by molar-refractivity contribution is -0.138. The van der Waals surface area contributed by atoms with Gasteiger partial charge in [0, 0.05) is 19.6 Å². The monoisotopic (exact) mass is 289 g/mol. The van der Waals surface area contributed by atoms with E-state index in [1.54, 1.807) is 6.20 Å². The zero-order valence-corrected chi connectivity index (χ0v) is 11.6. The van der Waals surface area contributed by atoms with E-state index in [0.29, 0.717) is 4.34 Å². The molecule has 1 N–H and O–H groups in total. The van der Waals surface area contributed by atoms with E-state index in [9.17, 15) is 4.79 Å². The molecule has 0 saturated carbocycles. The van der Waals surface area contributed by atoms with Gasteiger partial charge in [-0.15, -0.1) is 11.3 Å².